The standard InChI is InChI=1S/C16H11ClF3NO/c1-22-11-5-2-9(3-6-11)15-14(16(18,19)20)12-8-10(17)4-7-13(12)21-15/h2-8,21H,1H3. The molecule has 6 heteroatoms. The molecular formula is C16H11ClF3NO. The summed E-state index contributed by atoms with van der Waals surface area (Å²) in [6, 6.07) is 10.8. The second kappa shape index (κ2) is 5.25. The van der Waals surface area contributed by atoms with E-state index >= 15 is 0 Å². The van der Waals surface area contributed by atoms with Gasteiger partial charge in [0.25, 0.3) is 0 Å². The van der Waals surface area contributed by atoms with Gasteiger partial charge in [-0.2, -0.15) is 13.2 Å². The highest BCUT2D eigenvalue weighted by Crippen LogP contribution is 2.42. The highest BCUT2D eigenvalue weighted by atomic mass is 35.5. The Kier molecular flexibility index (Phi) is 3.53. The Labute approximate surface area is 129 Å². The van der Waals surface area contributed by atoms with Gasteiger partial charge in [-0.15, -0.1) is 0 Å². The van der Waals surface area contributed by atoms with Crippen molar-refractivity contribution in [1.82, 2.24) is 4.98 Å². The number of fused-ring (bicyclic) bond motifs is 1. The van der Waals surface area contributed by atoms with Gasteiger partial charge in [0.05, 0.1) is 18.4 Å². The number of halogens is 4. The van der Waals surface area contributed by atoms with Crippen molar-refractivity contribution in [2.45, 2.75) is 6.18 Å². The second-order valence-corrected chi connectivity index (χ2v) is 5.23. The van der Waals surface area contributed by atoms with E-state index in [4.69, 9.17) is 16.3 Å². The molecule has 22 heavy (non-hydrogen) atoms. The maximum Gasteiger partial charge on any atom is 0.419 e. The van der Waals surface area contributed by atoms with Gasteiger partial charge in [-0.25, -0.2) is 0 Å². The molecule has 114 valence electrons. The maximum atomic E-state index is 13.5. The number of ether oxygens (including phenoxy) is 1. The fourth-order valence-electron chi connectivity index (χ4n) is 2.43. The molecule has 1 aromatic heterocycles. The predicted octanol–water partition coefficient (Wildman–Crippen LogP) is 5.52. The summed E-state index contributed by atoms with van der Waals surface area (Å²) >= 11 is 5.84. The first kappa shape index (κ1) is 14.8. The highest BCUT2D eigenvalue weighted by Gasteiger charge is 2.37. The molecule has 0 radical (unpaired) electrons. The van der Waals surface area contributed by atoms with Gasteiger partial charge >= 0.3 is 6.18 Å². The zero-order valence-electron chi connectivity index (χ0n) is 11.5. The van der Waals surface area contributed by atoms with Crippen molar-refractivity contribution >= 4 is 22.5 Å². The Bertz CT molecular complexity index is 822. The van der Waals surface area contributed by atoms with Crippen molar-refractivity contribution in [1.29, 1.82) is 0 Å². The lowest BCUT2D eigenvalue weighted by molar-refractivity contribution is -0.135. The molecule has 3 aromatic rings. The number of hydrogen-bond acceptors (Lipinski definition) is 1. The van der Waals surface area contributed by atoms with Gasteiger partial charge in [0.15, 0.2) is 0 Å². The van der Waals surface area contributed by atoms with Crippen LogP contribution in [0, 0.1) is 0 Å². The number of methoxy groups -OCH3 is 1. The van der Waals surface area contributed by atoms with E-state index in [1.165, 1.54) is 13.2 Å². The zero-order chi connectivity index (χ0) is 15.9. The molecule has 3 rings (SSSR count). The first-order valence-corrected chi connectivity index (χ1v) is 6.81. The van der Waals surface area contributed by atoms with Crippen LogP contribution in [0.5, 0.6) is 5.75 Å². The van der Waals surface area contributed by atoms with Crippen molar-refractivity contribution in [3.8, 4) is 17.0 Å². The largest absolute Gasteiger partial charge is 0.497 e. The minimum atomic E-state index is -4.49. The van der Waals surface area contributed by atoms with Crippen LogP contribution in [-0.4, -0.2) is 12.1 Å². The lowest BCUT2D eigenvalue weighted by atomic mass is 10.0. The number of alkyl halides is 3. The Morgan fingerprint density at radius 2 is 1.73 bits per heavy atom. The van der Waals surface area contributed by atoms with Crippen LogP contribution >= 0.6 is 11.6 Å². The Morgan fingerprint density at radius 3 is 2.32 bits per heavy atom. The SMILES string of the molecule is COc1ccc(-c2[nH]c3ccc(Cl)cc3c2C(F)(F)F)cc1. The summed E-state index contributed by atoms with van der Waals surface area (Å²) in [6.07, 6.45) is -4.49. The molecule has 0 spiro atoms. The number of hydrogen-bond donors (Lipinski definition) is 1. The van der Waals surface area contributed by atoms with Crippen LogP contribution in [0.2, 0.25) is 5.02 Å². The monoisotopic (exact) mass is 325 g/mol. The van der Waals surface area contributed by atoms with Crippen molar-refractivity contribution < 1.29 is 17.9 Å². The molecule has 2 aromatic carbocycles. The van der Waals surface area contributed by atoms with Crippen molar-refractivity contribution in [3.63, 3.8) is 0 Å². The molecule has 0 unspecified atom stereocenters. The Balaban J connectivity index is 2.27. The first-order valence-electron chi connectivity index (χ1n) is 6.43. The van der Waals surface area contributed by atoms with Gasteiger partial charge in [0.1, 0.15) is 5.75 Å². The molecule has 1 N–H and O–H groups in total. The van der Waals surface area contributed by atoms with Crippen LogP contribution in [0.1, 0.15) is 5.56 Å². The van der Waals surface area contributed by atoms with E-state index in [0.29, 0.717) is 16.8 Å². The maximum absolute atomic E-state index is 13.5. The van der Waals surface area contributed by atoms with Gasteiger partial charge in [0.2, 0.25) is 0 Å². The van der Waals surface area contributed by atoms with E-state index in [1.807, 2.05) is 0 Å². The van der Waals surface area contributed by atoms with Gasteiger partial charge < -0.3 is 9.72 Å². The van der Waals surface area contributed by atoms with E-state index in [-0.39, 0.29) is 16.1 Å². The van der Waals surface area contributed by atoms with Crippen molar-refractivity contribution in [2.75, 3.05) is 7.11 Å². The fourth-order valence-corrected chi connectivity index (χ4v) is 2.60. The summed E-state index contributed by atoms with van der Waals surface area (Å²) < 4.78 is 45.5. The predicted molar refractivity (Wildman–Crippen MR) is 80.3 cm³/mol. The molecule has 0 atom stereocenters. The van der Waals surface area contributed by atoms with Crippen molar-refractivity contribution in [2.24, 2.45) is 0 Å². The molecular weight excluding hydrogens is 315 g/mol. The van der Waals surface area contributed by atoms with Gasteiger partial charge in [0, 0.05) is 15.9 Å². The van der Waals surface area contributed by atoms with Gasteiger partial charge in [-0.1, -0.05) is 11.6 Å². The molecule has 0 aliphatic carbocycles. The summed E-state index contributed by atoms with van der Waals surface area (Å²) in [4.78, 5) is 2.83. The molecule has 0 fully saturated rings. The molecule has 0 bridgehead atoms. The first-order chi connectivity index (χ1) is 10.4. The minimum Gasteiger partial charge on any atom is -0.497 e. The molecule has 0 saturated carbocycles. The Hall–Kier alpha value is -2.14. The smallest absolute Gasteiger partial charge is 0.419 e. The average molecular weight is 326 g/mol. The quantitative estimate of drug-likeness (QED) is 0.659. The third kappa shape index (κ3) is 2.52. The number of aromatic amines is 1. The van der Waals surface area contributed by atoms with E-state index in [0.717, 1.165) is 0 Å². The zero-order valence-corrected chi connectivity index (χ0v) is 12.2. The van der Waals surface area contributed by atoms with E-state index in [1.54, 1.807) is 36.4 Å². The van der Waals surface area contributed by atoms with Crippen LogP contribution < -0.4 is 4.74 Å². The van der Waals surface area contributed by atoms with Gasteiger partial charge in [-0.05, 0) is 48.0 Å². The van der Waals surface area contributed by atoms with E-state index < -0.39 is 11.7 Å². The molecule has 0 aliphatic heterocycles. The number of H-pyrrole nitrogens is 1. The van der Waals surface area contributed by atoms with Crippen LogP contribution in [0.15, 0.2) is 42.5 Å². The normalized spacial score (nSPS) is 11.9. The summed E-state index contributed by atoms with van der Waals surface area (Å²) in [5, 5.41) is 0.323. The Morgan fingerprint density at radius 1 is 1.05 bits per heavy atom. The molecule has 0 saturated heterocycles. The van der Waals surface area contributed by atoms with E-state index in [9.17, 15) is 13.2 Å². The number of nitrogens with one attached hydrogen (secondary N) is 1. The molecule has 1 heterocycles. The van der Waals surface area contributed by atoms with E-state index in [2.05, 4.69) is 4.98 Å². The molecule has 0 aliphatic rings. The van der Waals surface area contributed by atoms with Crippen LogP contribution in [0.25, 0.3) is 22.2 Å². The lowest BCUT2D eigenvalue weighted by Crippen LogP contribution is -2.06. The number of benzene rings is 2. The second-order valence-electron chi connectivity index (χ2n) is 4.79. The van der Waals surface area contributed by atoms with Crippen molar-refractivity contribution in [3.05, 3.63) is 53.1 Å². The third-order valence-corrected chi connectivity index (χ3v) is 3.66. The van der Waals surface area contributed by atoms with Crippen LogP contribution in [0.3, 0.4) is 0 Å². The summed E-state index contributed by atoms with van der Waals surface area (Å²) in [5.74, 6) is 0.580. The third-order valence-electron chi connectivity index (χ3n) is 3.42. The average Bonchev–Trinajstić information content (AvgIpc) is 2.85. The minimum absolute atomic E-state index is 0.0208. The summed E-state index contributed by atoms with van der Waals surface area (Å²) in [5.41, 5.74) is 0.130. The van der Waals surface area contributed by atoms with Crippen LogP contribution in [0.4, 0.5) is 13.2 Å². The molecule has 0 amide bonds. The number of rotatable bonds is 2. The topological polar surface area (TPSA) is 25.0 Å². The molecule has 2 nitrogen and oxygen atoms in total. The number of aromatic nitrogens is 1. The van der Waals surface area contributed by atoms with Crippen LogP contribution in [-0.2, 0) is 6.18 Å². The lowest BCUT2D eigenvalue weighted by Gasteiger charge is -2.09. The summed E-state index contributed by atoms with van der Waals surface area (Å²) in [6.45, 7) is 0. The van der Waals surface area contributed by atoms with Gasteiger partial charge in [-0.3, -0.25) is 0 Å². The highest BCUT2D eigenvalue weighted by molar-refractivity contribution is 6.31. The fraction of sp³-hybridized carbons (Fsp3) is 0.125. The summed E-state index contributed by atoms with van der Waals surface area (Å²) in [7, 11) is 1.50.